The number of aryl methyl sites for hydroxylation is 2. The van der Waals surface area contributed by atoms with Crippen molar-refractivity contribution in [2.45, 2.75) is 17.1 Å². The van der Waals surface area contributed by atoms with Crippen LogP contribution in [0.4, 0.5) is 0 Å². The van der Waals surface area contributed by atoms with E-state index in [1.54, 1.807) is 30.6 Å². The second kappa shape index (κ2) is 8.10. The van der Waals surface area contributed by atoms with Crippen molar-refractivity contribution in [3.8, 4) is 0 Å². The number of fused-ring (bicyclic) bond motifs is 1. The average Bonchev–Trinajstić information content (AvgIpc) is 2.79. The highest BCUT2D eigenvalue weighted by molar-refractivity contribution is 8.19. The molecule has 0 bridgehead atoms. The first-order chi connectivity index (χ1) is 11.8. The lowest BCUT2D eigenvalue weighted by Gasteiger charge is -2.30. The molecule has 1 aliphatic rings. The van der Waals surface area contributed by atoms with Crippen molar-refractivity contribution in [2.24, 2.45) is 5.16 Å². The predicted octanol–water partition coefficient (Wildman–Crippen LogP) is 4.43. The molecule has 3 rings (SSSR count). The van der Waals surface area contributed by atoms with Crippen LogP contribution in [0.25, 0.3) is 0 Å². The van der Waals surface area contributed by atoms with Crippen LogP contribution in [0.15, 0.2) is 59.8 Å². The van der Waals surface area contributed by atoms with E-state index in [4.69, 9.17) is 4.74 Å². The minimum absolute atomic E-state index is 0.612. The zero-order valence-electron chi connectivity index (χ0n) is 13.6. The van der Waals surface area contributed by atoms with E-state index in [1.807, 2.05) is 24.3 Å². The molecule has 0 aromatic heterocycles. The Kier molecular flexibility index (Phi) is 5.87. The Morgan fingerprint density at radius 2 is 1.92 bits per heavy atom. The van der Waals surface area contributed by atoms with Crippen molar-refractivity contribution in [2.75, 3.05) is 18.6 Å². The molecular formula is C19H21NO2S2. The molecule has 1 heterocycles. The lowest BCUT2D eigenvalue weighted by molar-refractivity contribution is 0.191. The molecule has 2 aromatic carbocycles. The number of hydrogen-bond acceptors (Lipinski definition) is 5. The van der Waals surface area contributed by atoms with Gasteiger partial charge in [-0.2, -0.15) is 0 Å². The third kappa shape index (κ3) is 3.63. The monoisotopic (exact) mass is 359 g/mol. The molecule has 0 spiro atoms. The lowest BCUT2D eigenvalue weighted by Crippen LogP contribution is -2.35. The van der Waals surface area contributed by atoms with E-state index in [2.05, 4.69) is 35.5 Å². The van der Waals surface area contributed by atoms with Crippen molar-refractivity contribution in [1.29, 1.82) is 0 Å². The van der Waals surface area contributed by atoms with Gasteiger partial charge in [-0.1, -0.05) is 59.8 Å². The first-order valence-electron chi connectivity index (χ1n) is 7.97. The van der Waals surface area contributed by atoms with Gasteiger partial charge in [0.25, 0.3) is 0 Å². The minimum atomic E-state index is -0.671. The van der Waals surface area contributed by atoms with E-state index in [1.165, 1.54) is 11.1 Å². The molecule has 1 aliphatic heterocycles. The zero-order chi connectivity index (χ0) is 16.8. The highest BCUT2D eigenvalue weighted by Crippen LogP contribution is 2.44. The van der Waals surface area contributed by atoms with Gasteiger partial charge in [0.2, 0.25) is 4.27 Å². The number of thioether (sulfide) groups is 2. The summed E-state index contributed by atoms with van der Waals surface area (Å²) < 4.78 is 5.22. The number of oxime groups is 1. The first kappa shape index (κ1) is 17.4. The molecule has 24 heavy (non-hydrogen) atoms. The molecule has 2 aromatic rings. The number of rotatable bonds is 5. The Morgan fingerprint density at radius 3 is 2.67 bits per heavy atom. The highest BCUT2D eigenvalue weighted by Gasteiger charge is 2.41. The Bertz CT molecular complexity index is 706. The highest BCUT2D eigenvalue weighted by atomic mass is 32.2. The lowest BCUT2D eigenvalue weighted by atomic mass is 10.0. The van der Waals surface area contributed by atoms with E-state index >= 15 is 0 Å². The van der Waals surface area contributed by atoms with Gasteiger partial charge in [-0.25, -0.2) is 0 Å². The molecule has 0 saturated heterocycles. The van der Waals surface area contributed by atoms with Crippen molar-refractivity contribution in [1.82, 2.24) is 0 Å². The van der Waals surface area contributed by atoms with E-state index in [0.29, 0.717) is 5.71 Å². The van der Waals surface area contributed by atoms with Gasteiger partial charge in [0.15, 0.2) is 0 Å². The Labute approximate surface area is 151 Å². The summed E-state index contributed by atoms with van der Waals surface area (Å²) in [4.78, 5) is 0. The van der Waals surface area contributed by atoms with E-state index in [-0.39, 0.29) is 0 Å². The smallest absolute Gasteiger partial charge is 0.207 e. The molecule has 0 radical (unpaired) electrons. The molecule has 0 amide bonds. The fourth-order valence-electron chi connectivity index (χ4n) is 2.89. The quantitative estimate of drug-likeness (QED) is 0.487. The average molecular weight is 360 g/mol. The van der Waals surface area contributed by atoms with Gasteiger partial charge in [0, 0.05) is 24.2 Å². The van der Waals surface area contributed by atoms with Crippen molar-refractivity contribution >= 4 is 29.2 Å². The van der Waals surface area contributed by atoms with Gasteiger partial charge in [0.1, 0.15) is 5.71 Å². The summed E-state index contributed by atoms with van der Waals surface area (Å²) in [6.45, 7) is 0. The molecule has 1 atom stereocenters. The van der Waals surface area contributed by atoms with Crippen LogP contribution in [0.1, 0.15) is 16.7 Å². The zero-order valence-corrected chi connectivity index (χ0v) is 15.3. The van der Waals surface area contributed by atoms with Crippen molar-refractivity contribution < 1.29 is 9.94 Å². The van der Waals surface area contributed by atoms with E-state index in [0.717, 1.165) is 29.9 Å². The Balaban J connectivity index is 1.82. The summed E-state index contributed by atoms with van der Waals surface area (Å²) in [5, 5.41) is 13.4. The van der Waals surface area contributed by atoms with Crippen LogP contribution in [0.3, 0.4) is 0 Å². The largest absolute Gasteiger partial charge is 0.410 e. The maximum absolute atomic E-state index is 9.73. The van der Waals surface area contributed by atoms with Crippen molar-refractivity contribution in [3.63, 3.8) is 0 Å². The fourth-order valence-corrected chi connectivity index (χ4v) is 5.73. The third-order valence-corrected chi connectivity index (χ3v) is 7.12. The van der Waals surface area contributed by atoms with Gasteiger partial charge in [-0.15, -0.1) is 23.5 Å². The molecular weight excluding hydrogens is 338 g/mol. The molecule has 0 aliphatic carbocycles. The van der Waals surface area contributed by atoms with E-state index < -0.39 is 4.27 Å². The number of benzene rings is 2. The summed E-state index contributed by atoms with van der Waals surface area (Å²) in [6.07, 6.45) is 1.90. The SMILES string of the molecule is COC1(SCCc2ccccc2)SCCc2ccccc2/C1=N/O. The standard InChI is InChI=1S/C19H21NO2S2/c1-22-19(23-13-11-15-7-3-2-4-8-15)18(20-21)17-10-6-5-9-16(17)12-14-24-19/h2-10,21H,11-14H2,1H3/b20-18-. The summed E-state index contributed by atoms with van der Waals surface area (Å²) >= 11 is 3.41. The van der Waals surface area contributed by atoms with Crippen LogP contribution in [-0.4, -0.2) is 33.8 Å². The molecule has 5 heteroatoms. The van der Waals surface area contributed by atoms with Crippen LogP contribution in [0.5, 0.6) is 0 Å². The van der Waals surface area contributed by atoms with Gasteiger partial charge in [0.05, 0.1) is 0 Å². The molecule has 1 N–H and O–H groups in total. The van der Waals surface area contributed by atoms with Gasteiger partial charge in [-0.3, -0.25) is 0 Å². The third-order valence-electron chi connectivity index (χ3n) is 4.12. The van der Waals surface area contributed by atoms with Gasteiger partial charge in [-0.05, 0) is 24.0 Å². The summed E-state index contributed by atoms with van der Waals surface area (Å²) in [6, 6.07) is 18.5. The maximum Gasteiger partial charge on any atom is 0.207 e. The first-order valence-corrected chi connectivity index (χ1v) is 9.94. The fraction of sp³-hybridized carbons (Fsp3) is 0.316. The minimum Gasteiger partial charge on any atom is -0.410 e. The molecule has 3 nitrogen and oxygen atoms in total. The topological polar surface area (TPSA) is 41.8 Å². The number of ether oxygens (including phenoxy) is 1. The predicted molar refractivity (Wildman–Crippen MR) is 103 cm³/mol. The molecule has 1 unspecified atom stereocenters. The van der Waals surface area contributed by atoms with Crippen LogP contribution in [-0.2, 0) is 17.6 Å². The van der Waals surface area contributed by atoms with Gasteiger partial charge >= 0.3 is 0 Å². The van der Waals surface area contributed by atoms with E-state index in [9.17, 15) is 5.21 Å². The molecule has 126 valence electrons. The molecule has 0 fully saturated rings. The number of nitrogens with zero attached hydrogens (tertiary/aromatic N) is 1. The van der Waals surface area contributed by atoms with Crippen LogP contribution in [0, 0.1) is 0 Å². The summed E-state index contributed by atoms with van der Waals surface area (Å²) in [7, 11) is 1.70. The van der Waals surface area contributed by atoms with Crippen molar-refractivity contribution in [3.05, 3.63) is 71.3 Å². The summed E-state index contributed by atoms with van der Waals surface area (Å²) in [5.74, 6) is 1.83. The summed E-state index contributed by atoms with van der Waals surface area (Å²) in [5.41, 5.74) is 4.11. The Morgan fingerprint density at radius 1 is 1.17 bits per heavy atom. The normalized spacial score (nSPS) is 22.1. The van der Waals surface area contributed by atoms with Gasteiger partial charge < -0.3 is 9.94 Å². The molecule has 0 saturated carbocycles. The number of hydrogen-bond donors (Lipinski definition) is 1. The number of methoxy groups -OCH3 is 1. The Hall–Kier alpha value is -1.43. The van der Waals surface area contributed by atoms with Crippen LogP contribution in [0.2, 0.25) is 0 Å². The van der Waals surface area contributed by atoms with Crippen LogP contribution < -0.4 is 0 Å². The van der Waals surface area contributed by atoms with Crippen LogP contribution >= 0.6 is 23.5 Å². The second-order valence-corrected chi connectivity index (χ2v) is 8.35. The maximum atomic E-state index is 9.73. The second-order valence-electron chi connectivity index (χ2n) is 5.55.